The molecule has 0 spiro atoms. The van der Waals surface area contributed by atoms with Crippen LogP contribution in [0.15, 0.2) is 23.6 Å². The van der Waals surface area contributed by atoms with Crippen molar-refractivity contribution in [3.05, 3.63) is 45.5 Å². The van der Waals surface area contributed by atoms with Gasteiger partial charge in [-0.15, -0.1) is 21.5 Å². The van der Waals surface area contributed by atoms with E-state index in [1.54, 1.807) is 18.4 Å². The van der Waals surface area contributed by atoms with E-state index in [2.05, 4.69) is 25.1 Å². The normalized spacial score (nSPS) is 16.3. The Hall–Kier alpha value is -2.74. The highest BCUT2D eigenvalue weighted by Crippen LogP contribution is 2.25. The minimum Gasteiger partial charge on any atom is -0.496 e. The first kappa shape index (κ1) is 18.6. The standard InChI is InChI=1S/C20H23N5O2S/c1-12-15(5-4-6-17(12)27-3)20(26)22-14-7-8-18-23-24-19(25(18)10-9-14)16-11-28-13(2)21-16/h4-6,11,14H,7-10H2,1-3H3,(H,22,26). The molecule has 1 aromatic carbocycles. The monoisotopic (exact) mass is 397 g/mol. The zero-order valence-corrected chi connectivity index (χ0v) is 17.0. The van der Waals surface area contributed by atoms with Crippen LogP contribution >= 0.6 is 11.3 Å². The van der Waals surface area contributed by atoms with Crippen LogP contribution < -0.4 is 10.1 Å². The highest BCUT2D eigenvalue weighted by atomic mass is 32.1. The Bertz CT molecular complexity index is 1010. The number of benzene rings is 1. The van der Waals surface area contributed by atoms with Gasteiger partial charge in [-0.1, -0.05) is 6.07 Å². The maximum absolute atomic E-state index is 12.8. The van der Waals surface area contributed by atoms with Crippen LogP contribution in [0.2, 0.25) is 0 Å². The summed E-state index contributed by atoms with van der Waals surface area (Å²) in [5.74, 6) is 2.43. The van der Waals surface area contributed by atoms with E-state index in [0.29, 0.717) is 5.56 Å². The summed E-state index contributed by atoms with van der Waals surface area (Å²) in [6.07, 6.45) is 2.44. The molecule has 0 saturated heterocycles. The van der Waals surface area contributed by atoms with Crippen molar-refractivity contribution in [3.8, 4) is 17.3 Å². The molecule has 4 rings (SSSR count). The molecule has 28 heavy (non-hydrogen) atoms. The fraction of sp³-hybridized carbons (Fsp3) is 0.400. The number of aryl methyl sites for hydroxylation is 2. The molecule has 1 amide bonds. The summed E-state index contributed by atoms with van der Waals surface area (Å²) >= 11 is 1.61. The molecule has 1 unspecified atom stereocenters. The zero-order chi connectivity index (χ0) is 19.7. The number of aromatic nitrogens is 4. The van der Waals surface area contributed by atoms with Crippen LogP contribution in [-0.4, -0.2) is 38.8 Å². The zero-order valence-electron chi connectivity index (χ0n) is 16.2. The SMILES string of the molecule is COc1cccc(C(=O)NC2CCc3nnc(-c4csc(C)n4)n3CC2)c1C. The van der Waals surface area contributed by atoms with Gasteiger partial charge in [0.1, 0.15) is 17.3 Å². The van der Waals surface area contributed by atoms with E-state index in [0.717, 1.165) is 59.5 Å². The van der Waals surface area contributed by atoms with E-state index in [1.807, 2.05) is 37.4 Å². The van der Waals surface area contributed by atoms with Gasteiger partial charge in [0.2, 0.25) is 0 Å². The number of carbonyl (C=O) groups is 1. The third kappa shape index (κ3) is 3.52. The highest BCUT2D eigenvalue weighted by molar-refractivity contribution is 7.09. The van der Waals surface area contributed by atoms with Crippen molar-refractivity contribution in [2.45, 2.75) is 45.7 Å². The quantitative estimate of drug-likeness (QED) is 0.731. The van der Waals surface area contributed by atoms with E-state index in [-0.39, 0.29) is 11.9 Å². The predicted molar refractivity (Wildman–Crippen MR) is 108 cm³/mol. The van der Waals surface area contributed by atoms with Crippen LogP contribution in [0.4, 0.5) is 0 Å². The molecule has 0 aliphatic carbocycles. The highest BCUT2D eigenvalue weighted by Gasteiger charge is 2.24. The second kappa shape index (κ2) is 7.71. The molecule has 8 heteroatoms. The molecule has 1 N–H and O–H groups in total. The van der Waals surface area contributed by atoms with Crippen LogP contribution in [0, 0.1) is 13.8 Å². The topological polar surface area (TPSA) is 81.9 Å². The van der Waals surface area contributed by atoms with Gasteiger partial charge in [0.15, 0.2) is 5.82 Å². The summed E-state index contributed by atoms with van der Waals surface area (Å²) in [6, 6.07) is 5.63. The first-order chi connectivity index (χ1) is 13.6. The Labute approximate surface area is 167 Å². The van der Waals surface area contributed by atoms with Crippen molar-refractivity contribution in [3.63, 3.8) is 0 Å². The number of rotatable bonds is 4. The number of thiazole rings is 1. The van der Waals surface area contributed by atoms with E-state index in [9.17, 15) is 4.79 Å². The van der Waals surface area contributed by atoms with Gasteiger partial charge in [-0.25, -0.2) is 4.98 Å². The molecule has 1 aliphatic heterocycles. The third-order valence-electron chi connectivity index (χ3n) is 5.18. The molecule has 2 aromatic heterocycles. The van der Waals surface area contributed by atoms with E-state index in [1.165, 1.54) is 0 Å². The molecule has 0 saturated carbocycles. The van der Waals surface area contributed by atoms with Crippen LogP contribution in [-0.2, 0) is 13.0 Å². The average molecular weight is 398 g/mol. The van der Waals surface area contributed by atoms with Gasteiger partial charge in [-0.05, 0) is 38.8 Å². The van der Waals surface area contributed by atoms with Crippen LogP contribution in [0.3, 0.4) is 0 Å². The van der Waals surface area contributed by atoms with Crippen molar-refractivity contribution in [1.82, 2.24) is 25.1 Å². The fourth-order valence-electron chi connectivity index (χ4n) is 3.63. The minimum atomic E-state index is -0.0607. The maximum atomic E-state index is 12.8. The molecule has 0 fully saturated rings. The molecule has 146 valence electrons. The molecular formula is C20H23N5O2S. The molecule has 7 nitrogen and oxygen atoms in total. The number of nitrogens with zero attached hydrogens (tertiary/aromatic N) is 4. The number of fused-ring (bicyclic) bond motifs is 1. The number of hydrogen-bond donors (Lipinski definition) is 1. The van der Waals surface area contributed by atoms with Gasteiger partial charge in [-0.2, -0.15) is 0 Å². The molecular weight excluding hydrogens is 374 g/mol. The minimum absolute atomic E-state index is 0.0607. The Kier molecular flexibility index (Phi) is 5.13. The summed E-state index contributed by atoms with van der Waals surface area (Å²) in [4.78, 5) is 17.3. The summed E-state index contributed by atoms with van der Waals surface area (Å²) in [5, 5.41) is 14.9. The van der Waals surface area contributed by atoms with Gasteiger partial charge in [0.25, 0.3) is 5.91 Å². The lowest BCUT2D eigenvalue weighted by Crippen LogP contribution is -2.35. The predicted octanol–water partition coefficient (Wildman–Crippen LogP) is 3.16. The smallest absolute Gasteiger partial charge is 0.251 e. The van der Waals surface area contributed by atoms with Crippen LogP contribution in [0.1, 0.15) is 39.6 Å². The van der Waals surface area contributed by atoms with Crippen molar-refractivity contribution in [1.29, 1.82) is 0 Å². The summed E-state index contributed by atoms with van der Waals surface area (Å²) in [5.41, 5.74) is 2.38. The molecule has 3 heterocycles. The van der Waals surface area contributed by atoms with E-state index in [4.69, 9.17) is 4.74 Å². The van der Waals surface area contributed by atoms with Crippen molar-refractivity contribution in [2.75, 3.05) is 7.11 Å². The molecule has 3 aromatic rings. The first-order valence-electron chi connectivity index (χ1n) is 9.36. The maximum Gasteiger partial charge on any atom is 0.251 e. The molecule has 0 radical (unpaired) electrons. The average Bonchev–Trinajstić information content (AvgIpc) is 3.24. The number of carbonyl (C=O) groups excluding carboxylic acids is 1. The van der Waals surface area contributed by atoms with Gasteiger partial charge < -0.3 is 14.6 Å². The lowest BCUT2D eigenvalue weighted by Gasteiger charge is -2.17. The van der Waals surface area contributed by atoms with Crippen molar-refractivity contribution in [2.24, 2.45) is 0 Å². The number of ether oxygens (including phenoxy) is 1. The van der Waals surface area contributed by atoms with E-state index >= 15 is 0 Å². The Morgan fingerprint density at radius 3 is 2.89 bits per heavy atom. The Morgan fingerprint density at radius 1 is 1.29 bits per heavy atom. The lowest BCUT2D eigenvalue weighted by atomic mass is 10.0. The molecule has 1 atom stereocenters. The van der Waals surface area contributed by atoms with Gasteiger partial charge in [0.05, 0.1) is 12.1 Å². The number of hydrogen-bond acceptors (Lipinski definition) is 6. The second-order valence-electron chi connectivity index (χ2n) is 6.97. The van der Waals surface area contributed by atoms with Crippen molar-refractivity contribution < 1.29 is 9.53 Å². The third-order valence-corrected chi connectivity index (χ3v) is 5.95. The van der Waals surface area contributed by atoms with Crippen molar-refractivity contribution >= 4 is 17.2 Å². The Morgan fingerprint density at radius 2 is 2.14 bits per heavy atom. The summed E-state index contributed by atoms with van der Waals surface area (Å²) < 4.78 is 7.47. The van der Waals surface area contributed by atoms with Crippen LogP contribution in [0.5, 0.6) is 5.75 Å². The van der Waals surface area contributed by atoms with Gasteiger partial charge in [0, 0.05) is 35.5 Å². The summed E-state index contributed by atoms with van der Waals surface area (Å²) in [7, 11) is 1.62. The second-order valence-corrected chi connectivity index (χ2v) is 8.04. The first-order valence-corrected chi connectivity index (χ1v) is 10.2. The van der Waals surface area contributed by atoms with Crippen LogP contribution in [0.25, 0.3) is 11.5 Å². The number of nitrogens with one attached hydrogen (secondary N) is 1. The molecule has 1 aliphatic rings. The Balaban J connectivity index is 1.48. The van der Waals surface area contributed by atoms with Gasteiger partial charge >= 0.3 is 0 Å². The fourth-order valence-corrected chi connectivity index (χ4v) is 4.22. The van der Waals surface area contributed by atoms with E-state index < -0.39 is 0 Å². The summed E-state index contributed by atoms with van der Waals surface area (Å²) in [6.45, 7) is 4.65. The number of amides is 1. The number of methoxy groups -OCH3 is 1. The van der Waals surface area contributed by atoms with Gasteiger partial charge in [-0.3, -0.25) is 4.79 Å². The molecule has 0 bridgehead atoms. The lowest BCUT2D eigenvalue weighted by molar-refractivity contribution is 0.0932. The largest absolute Gasteiger partial charge is 0.496 e.